The predicted molar refractivity (Wildman–Crippen MR) is 81.8 cm³/mol. The average Bonchev–Trinajstić information content (AvgIpc) is 2.40. The number of hydrogen-bond donors (Lipinski definition) is 1. The minimum Gasteiger partial charge on any atom is -0.465 e. The third-order valence-electron chi connectivity index (χ3n) is 4.09. The van der Waals surface area contributed by atoms with Gasteiger partial charge in [0, 0.05) is 31.7 Å². The van der Waals surface area contributed by atoms with E-state index in [1.807, 2.05) is 6.92 Å². The molecule has 1 aliphatic rings. The smallest absolute Gasteiger partial charge is 0.324 e. The Bertz CT molecular complexity index is 287. The lowest BCUT2D eigenvalue weighted by molar-refractivity contribution is -0.146. The first-order valence-electron chi connectivity index (χ1n) is 7.83. The van der Waals surface area contributed by atoms with Gasteiger partial charge in [-0.05, 0) is 40.8 Å². The predicted octanol–water partition coefficient (Wildman–Crippen LogP) is 0.942. The molecule has 3 atom stereocenters. The van der Waals surface area contributed by atoms with E-state index in [1.54, 1.807) is 0 Å². The van der Waals surface area contributed by atoms with E-state index in [9.17, 15) is 4.79 Å². The monoisotopic (exact) mass is 285 g/mol. The van der Waals surface area contributed by atoms with Crippen LogP contribution in [0.2, 0.25) is 0 Å². The van der Waals surface area contributed by atoms with Crippen molar-refractivity contribution in [2.75, 3.05) is 39.8 Å². The summed E-state index contributed by atoms with van der Waals surface area (Å²) in [5, 5.41) is 3.31. The first-order chi connectivity index (χ1) is 9.49. The molecule has 0 saturated carbocycles. The van der Waals surface area contributed by atoms with Crippen molar-refractivity contribution in [3.63, 3.8) is 0 Å². The molecule has 1 rings (SSSR count). The Hall–Kier alpha value is -0.650. The number of carbonyl (C=O) groups excluding carboxylic acids is 1. The molecule has 1 heterocycles. The summed E-state index contributed by atoms with van der Waals surface area (Å²) in [6.45, 7) is 12.5. The molecule has 0 amide bonds. The molecule has 1 N–H and O–H groups in total. The fourth-order valence-electron chi connectivity index (χ4n) is 2.70. The quantitative estimate of drug-likeness (QED) is 0.705. The van der Waals surface area contributed by atoms with Gasteiger partial charge in [-0.1, -0.05) is 6.92 Å². The van der Waals surface area contributed by atoms with E-state index in [0.29, 0.717) is 18.7 Å². The molecule has 0 aliphatic carbocycles. The number of carbonyl (C=O) groups is 1. The van der Waals surface area contributed by atoms with Gasteiger partial charge in [-0.3, -0.25) is 14.6 Å². The SMILES string of the molecule is CCCNC(CN1CC(C)N(C)C(C)C1)C(=O)OCC. The number of hydrogen-bond acceptors (Lipinski definition) is 5. The standard InChI is InChI=1S/C15H31N3O2/c1-6-8-16-14(15(19)20-7-2)11-18-9-12(3)17(5)13(4)10-18/h12-14,16H,6-11H2,1-5H3. The molecule has 1 aliphatic heterocycles. The highest BCUT2D eigenvalue weighted by atomic mass is 16.5. The molecule has 0 aromatic heterocycles. The highest BCUT2D eigenvalue weighted by Crippen LogP contribution is 2.13. The van der Waals surface area contributed by atoms with E-state index in [1.165, 1.54) is 0 Å². The molecule has 5 nitrogen and oxygen atoms in total. The number of piperazine rings is 1. The lowest BCUT2D eigenvalue weighted by Gasteiger charge is -2.43. The Kier molecular flexibility index (Phi) is 7.48. The van der Waals surface area contributed by atoms with Gasteiger partial charge in [0.2, 0.25) is 0 Å². The van der Waals surface area contributed by atoms with E-state index in [-0.39, 0.29) is 12.0 Å². The van der Waals surface area contributed by atoms with Gasteiger partial charge in [0.15, 0.2) is 0 Å². The van der Waals surface area contributed by atoms with Crippen LogP contribution >= 0.6 is 0 Å². The van der Waals surface area contributed by atoms with Crippen LogP contribution < -0.4 is 5.32 Å². The van der Waals surface area contributed by atoms with Gasteiger partial charge in [0.05, 0.1) is 6.61 Å². The van der Waals surface area contributed by atoms with Crippen molar-refractivity contribution in [2.45, 2.75) is 52.2 Å². The fraction of sp³-hybridized carbons (Fsp3) is 0.933. The van der Waals surface area contributed by atoms with E-state index in [2.05, 4.69) is 42.9 Å². The van der Waals surface area contributed by atoms with Gasteiger partial charge in [0.25, 0.3) is 0 Å². The third kappa shape index (κ3) is 5.04. The average molecular weight is 285 g/mol. The first-order valence-corrected chi connectivity index (χ1v) is 7.83. The van der Waals surface area contributed by atoms with Crippen molar-refractivity contribution in [1.82, 2.24) is 15.1 Å². The zero-order valence-electron chi connectivity index (χ0n) is 13.7. The Morgan fingerprint density at radius 2 is 1.90 bits per heavy atom. The Morgan fingerprint density at radius 3 is 2.40 bits per heavy atom. The Morgan fingerprint density at radius 1 is 1.30 bits per heavy atom. The maximum absolute atomic E-state index is 12.0. The van der Waals surface area contributed by atoms with Crippen LogP contribution in [-0.4, -0.2) is 73.7 Å². The van der Waals surface area contributed by atoms with Crippen LogP contribution in [-0.2, 0) is 9.53 Å². The maximum Gasteiger partial charge on any atom is 0.324 e. The zero-order chi connectivity index (χ0) is 15.1. The molecule has 0 radical (unpaired) electrons. The van der Waals surface area contributed by atoms with Crippen molar-refractivity contribution >= 4 is 5.97 Å². The number of likely N-dealkylation sites (N-methyl/N-ethyl adjacent to an activating group) is 1. The number of esters is 1. The van der Waals surface area contributed by atoms with Crippen LogP contribution in [0.3, 0.4) is 0 Å². The number of nitrogens with zero attached hydrogens (tertiary/aromatic N) is 2. The van der Waals surface area contributed by atoms with Crippen molar-refractivity contribution < 1.29 is 9.53 Å². The Balaban J connectivity index is 2.57. The van der Waals surface area contributed by atoms with Crippen LogP contribution in [0.4, 0.5) is 0 Å². The first kappa shape index (κ1) is 17.4. The second-order valence-electron chi connectivity index (χ2n) is 5.84. The van der Waals surface area contributed by atoms with Crippen LogP contribution in [0, 0.1) is 0 Å². The fourth-order valence-corrected chi connectivity index (χ4v) is 2.70. The molecule has 0 aromatic carbocycles. The molecule has 0 aromatic rings. The molecular formula is C15H31N3O2. The molecule has 1 saturated heterocycles. The molecule has 0 bridgehead atoms. The largest absolute Gasteiger partial charge is 0.465 e. The highest BCUT2D eigenvalue weighted by molar-refractivity contribution is 5.76. The van der Waals surface area contributed by atoms with Gasteiger partial charge < -0.3 is 10.1 Å². The summed E-state index contributed by atoms with van der Waals surface area (Å²) in [6.07, 6.45) is 1.02. The molecule has 5 heteroatoms. The van der Waals surface area contributed by atoms with E-state index in [4.69, 9.17) is 4.74 Å². The van der Waals surface area contributed by atoms with E-state index in [0.717, 1.165) is 32.6 Å². The number of ether oxygens (including phenoxy) is 1. The van der Waals surface area contributed by atoms with E-state index >= 15 is 0 Å². The second kappa shape index (κ2) is 8.60. The zero-order valence-corrected chi connectivity index (χ0v) is 13.7. The molecule has 20 heavy (non-hydrogen) atoms. The van der Waals surface area contributed by atoms with Gasteiger partial charge in [-0.15, -0.1) is 0 Å². The summed E-state index contributed by atoms with van der Waals surface area (Å²) >= 11 is 0. The molecule has 3 unspecified atom stereocenters. The summed E-state index contributed by atoms with van der Waals surface area (Å²) in [6, 6.07) is 0.832. The third-order valence-corrected chi connectivity index (χ3v) is 4.09. The van der Waals surface area contributed by atoms with Crippen molar-refractivity contribution in [2.24, 2.45) is 0 Å². The van der Waals surface area contributed by atoms with Crippen LogP contribution in [0.15, 0.2) is 0 Å². The molecule has 0 spiro atoms. The van der Waals surface area contributed by atoms with Crippen LogP contribution in [0.5, 0.6) is 0 Å². The number of rotatable bonds is 7. The Labute approximate surface area is 123 Å². The minimum atomic E-state index is -0.210. The molecule has 1 fully saturated rings. The normalized spacial score (nSPS) is 26.4. The van der Waals surface area contributed by atoms with Crippen LogP contribution in [0.25, 0.3) is 0 Å². The van der Waals surface area contributed by atoms with Crippen molar-refractivity contribution in [1.29, 1.82) is 0 Å². The van der Waals surface area contributed by atoms with Crippen LogP contribution in [0.1, 0.15) is 34.1 Å². The lowest BCUT2D eigenvalue weighted by atomic mass is 10.1. The summed E-state index contributed by atoms with van der Waals surface area (Å²) in [7, 11) is 2.17. The summed E-state index contributed by atoms with van der Waals surface area (Å²) in [4.78, 5) is 16.8. The van der Waals surface area contributed by atoms with Gasteiger partial charge in [0.1, 0.15) is 6.04 Å². The number of nitrogens with one attached hydrogen (secondary N) is 1. The van der Waals surface area contributed by atoms with Gasteiger partial charge in [-0.25, -0.2) is 0 Å². The lowest BCUT2D eigenvalue weighted by Crippen LogP contribution is -2.58. The molecule has 118 valence electrons. The second-order valence-corrected chi connectivity index (χ2v) is 5.84. The van der Waals surface area contributed by atoms with Crippen molar-refractivity contribution in [3.05, 3.63) is 0 Å². The topological polar surface area (TPSA) is 44.8 Å². The van der Waals surface area contributed by atoms with Gasteiger partial charge >= 0.3 is 5.97 Å². The summed E-state index contributed by atoms with van der Waals surface area (Å²) < 4.78 is 5.18. The summed E-state index contributed by atoms with van der Waals surface area (Å²) in [5.41, 5.74) is 0. The highest BCUT2D eigenvalue weighted by Gasteiger charge is 2.30. The maximum atomic E-state index is 12.0. The van der Waals surface area contributed by atoms with E-state index < -0.39 is 0 Å². The summed E-state index contributed by atoms with van der Waals surface area (Å²) in [5.74, 6) is -0.125. The molecular weight excluding hydrogens is 254 g/mol. The van der Waals surface area contributed by atoms with Gasteiger partial charge in [-0.2, -0.15) is 0 Å². The minimum absolute atomic E-state index is 0.125. The van der Waals surface area contributed by atoms with Crippen molar-refractivity contribution in [3.8, 4) is 0 Å².